The van der Waals surface area contributed by atoms with E-state index in [0.717, 1.165) is 41.8 Å². The molecule has 4 rings (SSSR count). The Hall–Kier alpha value is -4.24. The number of aliphatic hydroxyl groups is 1. The van der Waals surface area contributed by atoms with E-state index in [0.29, 0.717) is 18.2 Å². The molecule has 0 fully saturated rings. The number of benzene rings is 2. The first kappa shape index (κ1) is 27.8. The molecule has 0 amide bonds. The summed E-state index contributed by atoms with van der Waals surface area (Å²) in [7, 11) is 0. The van der Waals surface area contributed by atoms with Gasteiger partial charge >= 0.3 is 12.1 Å². The Labute approximate surface area is 215 Å². The molecule has 1 atom stereocenters. The molecule has 0 aliphatic carbocycles. The number of alkyl halides is 5. The predicted molar refractivity (Wildman–Crippen MR) is 121 cm³/mol. The van der Waals surface area contributed by atoms with Gasteiger partial charge in [-0.05, 0) is 48.5 Å². The first-order valence-electron chi connectivity index (χ1n) is 11.0. The molecule has 8 nitrogen and oxygen atoms in total. The molecule has 1 aliphatic heterocycles. The zero-order valence-electron chi connectivity index (χ0n) is 19.5. The zero-order chi connectivity index (χ0) is 28.4. The molecule has 39 heavy (non-hydrogen) atoms. The van der Waals surface area contributed by atoms with Crippen molar-refractivity contribution in [3.05, 3.63) is 94.8 Å². The van der Waals surface area contributed by atoms with Crippen LogP contribution in [0.25, 0.3) is 0 Å². The summed E-state index contributed by atoms with van der Waals surface area (Å²) in [4.78, 5) is 16.4. The van der Waals surface area contributed by atoms with Gasteiger partial charge in [0.25, 0.3) is 0 Å². The summed E-state index contributed by atoms with van der Waals surface area (Å²) in [6, 6.07) is 8.12. The van der Waals surface area contributed by atoms with Gasteiger partial charge in [0.2, 0.25) is 0 Å². The topological polar surface area (TPSA) is 99.1 Å². The molecule has 3 N–H and O–H groups in total. The number of hydrogen-bond donors (Lipinski definition) is 3. The van der Waals surface area contributed by atoms with Crippen molar-refractivity contribution >= 4 is 12.1 Å². The van der Waals surface area contributed by atoms with Crippen LogP contribution in [0, 0.1) is 11.6 Å². The third-order valence-corrected chi connectivity index (χ3v) is 5.62. The maximum absolute atomic E-state index is 15.8. The molecule has 0 radical (unpaired) electrons. The minimum absolute atomic E-state index is 0.00690. The van der Waals surface area contributed by atoms with E-state index in [2.05, 4.69) is 25.9 Å². The summed E-state index contributed by atoms with van der Waals surface area (Å²) >= 11 is 0. The first-order valence-corrected chi connectivity index (χ1v) is 11.0. The van der Waals surface area contributed by atoms with Crippen molar-refractivity contribution in [3.63, 3.8) is 0 Å². The monoisotopic (exact) mass is 557 g/mol. The van der Waals surface area contributed by atoms with Crippen LogP contribution in [0.15, 0.2) is 65.9 Å². The number of nitrogens with one attached hydrogen (secondary N) is 2. The van der Waals surface area contributed by atoms with E-state index in [-0.39, 0.29) is 16.9 Å². The van der Waals surface area contributed by atoms with Gasteiger partial charge in [-0.1, -0.05) is 0 Å². The number of rotatable bonds is 9. The number of ether oxygens (including phenoxy) is 1. The van der Waals surface area contributed by atoms with E-state index >= 15 is 8.78 Å². The van der Waals surface area contributed by atoms with Crippen molar-refractivity contribution in [1.82, 2.24) is 21.1 Å². The Morgan fingerprint density at radius 3 is 2.23 bits per heavy atom. The van der Waals surface area contributed by atoms with Crippen LogP contribution in [0.3, 0.4) is 0 Å². The lowest BCUT2D eigenvalue weighted by Crippen LogP contribution is -2.54. The molecule has 0 bridgehead atoms. The number of nitrogens with zero attached hydrogens (tertiary/aromatic N) is 3. The number of β-amino-alcohol motifs (C(OH)–C–C–N with tert-alkyl or cyclic N) is 1. The Kier molecular flexibility index (Phi) is 7.48. The highest BCUT2D eigenvalue weighted by Crippen LogP contribution is 2.46. The van der Waals surface area contributed by atoms with Crippen LogP contribution < -0.4 is 15.8 Å². The van der Waals surface area contributed by atoms with Gasteiger partial charge in [0, 0.05) is 29.0 Å². The minimum atomic E-state index is -4.55. The minimum Gasteiger partial charge on any atom is -0.484 e. The smallest absolute Gasteiger partial charge is 0.422 e. The second-order valence-corrected chi connectivity index (χ2v) is 8.34. The number of ketones is 1. The van der Waals surface area contributed by atoms with Crippen LogP contribution in [-0.2, 0) is 11.5 Å². The Bertz CT molecular complexity index is 1370. The highest BCUT2D eigenvalue weighted by molar-refractivity contribution is 6.08. The number of pyridine rings is 1. The fraction of sp³-hybridized carbons (Fsp3) is 0.208. The van der Waals surface area contributed by atoms with Crippen molar-refractivity contribution in [1.29, 1.82) is 0 Å². The predicted octanol–water partition coefficient (Wildman–Crippen LogP) is 3.78. The molecule has 0 saturated heterocycles. The molecule has 1 unspecified atom stereocenters. The lowest BCUT2D eigenvalue weighted by Gasteiger charge is -2.38. The van der Waals surface area contributed by atoms with Crippen LogP contribution in [-0.4, -0.2) is 46.5 Å². The van der Waals surface area contributed by atoms with Crippen LogP contribution in [0.1, 0.15) is 27.2 Å². The van der Waals surface area contributed by atoms with E-state index in [1.54, 1.807) is 0 Å². The maximum atomic E-state index is 15.8. The molecule has 2 heterocycles. The number of hydrazine groups is 2. The normalized spacial score (nSPS) is 15.1. The van der Waals surface area contributed by atoms with Gasteiger partial charge < -0.3 is 9.84 Å². The third kappa shape index (κ3) is 5.93. The highest BCUT2D eigenvalue weighted by atomic mass is 19.4. The number of halogens is 7. The van der Waals surface area contributed by atoms with Gasteiger partial charge in [-0.15, -0.1) is 5.53 Å². The Morgan fingerprint density at radius 1 is 0.974 bits per heavy atom. The summed E-state index contributed by atoms with van der Waals surface area (Å²) in [5.74, 6) is -7.61. The molecule has 15 heteroatoms. The van der Waals surface area contributed by atoms with Crippen molar-refractivity contribution in [2.45, 2.75) is 17.7 Å². The number of hydrazone groups is 1. The summed E-state index contributed by atoms with van der Waals surface area (Å²) in [6.07, 6.45) is -2.73. The Balaban J connectivity index is 1.60. The summed E-state index contributed by atoms with van der Waals surface area (Å²) in [5, 5.41) is 15.6. The van der Waals surface area contributed by atoms with Gasteiger partial charge in [-0.2, -0.15) is 27.1 Å². The molecule has 0 saturated carbocycles. The van der Waals surface area contributed by atoms with E-state index < -0.39 is 59.5 Å². The third-order valence-electron chi connectivity index (χ3n) is 5.62. The average molecular weight is 557 g/mol. The SMILES string of the molecule is O=C(c1ccc(OCC(F)(F)F)cc1)c1ccc(C(F)(F)C(O)(CN2C=NNN2)c2ccc(F)cc2F)nc1. The summed E-state index contributed by atoms with van der Waals surface area (Å²) in [6.45, 7) is -2.49. The number of aromatic nitrogens is 1. The summed E-state index contributed by atoms with van der Waals surface area (Å²) in [5.41, 5.74) is -0.842. The van der Waals surface area contributed by atoms with E-state index in [1.807, 2.05) is 0 Å². The van der Waals surface area contributed by atoms with Crippen molar-refractivity contribution < 1.29 is 45.4 Å². The van der Waals surface area contributed by atoms with Gasteiger partial charge in [0.05, 0.1) is 6.54 Å². The van der Waals surface area contributed by atoms with Crippen molar-refractivity contribution in [2.24, 2.45) is 5.10 Å². The fourth-order valence-corrected chi connectivity index (χ4v) is 3.69. The quantitative estimate of drug-likeness (QED) is 0.272. The molecule has 1 aromatic heterocycles. The second kappa shape index (κ2) is 10.5. The average Bonchev–Trinajstić information content (AvgIpc) is 3.39. The lowest BCUT2D eigenvalue weighted by molar-refractivity contribution is -0.206. The van der Waals surface area contributed by atoms with Crippen molar-refractivity contribution in [2.75, 3.05) is 13.2 Å². The molecule has 0 spiro atoms. The molecule has 2 aromatic carbocycles. The molecular weight excluding hydrogens is 539 g/mol. The first-order chi connectivity index (χ1) is 18.3. The number of carbonyl (C=O) groups is 1. The Morgan fingerprint density at radius 2 is 1.67 bits per heavy atom. The van der Waals surface area contributed by atoms with E-state index in [9.17, 15) is 31.9 Å². The van der Waals surface area contributed by atoms with Crippen LogP contribution in [0.2, 0.25) is 0 Å². The van der Waals surface area contributed by atoms with E-state index in [1.165, 1.54) is 12.1 Å². The zero-order valence-corrected chi connectivity index (χ0v) is 19.5. The van der Waals surface area contributed by atoms with E-state index in [4.69, 9.17) is 0 Å². The van der Waals surface area contributed by atoms with Crippen LogP contribution >= 0.6 is 0 Å². The molecule has 3 aromatic rings. The van der Waals surface area contributed by atoms with Gasteiger partial charge in [-0.3, -0.25) is 14.8 Å². The number of carbonyl (C=O) groups excluding carboxylic acids is 1. The van der Waals surface area contributed by atoms with Crippen molar-refractivity contribution in [3.8, 4) is 5.75 Å². The van der Waals surface area contributed by atoms with Crippen LogP contribution in [0.4, 0.5) is 30.7 Å². The summed E-state index contributed by atoms with van der Waals surface area (Å²) < 4.78 is 101. The molecule has 206 valence electrons. The van der Waals surface area contributed by atoms with Gasteiger partial charge in [-0.25, -0.2) is 14.3 Å². The fourth-order valence-electron chi connectivity index (χ4n) is 3.69. The number of hydrogen-bond acceptors (Lipinski definition) is 8. The highest BCUT2D eigenvalue weighted by Gasteiger charge is 2.58. The lowest BCUT2D eigenvalue weighted by atomic mass is 9.84. The van der Waals surface area contributed by atoms with Gasteiger partial charge in [0.1, 0.15) is 29.4 Å². The standard InChI is InChI=1S/C24H18F7N5O3/c25-16-4-7-18(19(26)9-16)22(38,11-36-13-33-34-35-36)24(30,31)20-8-3-15(10-32-20)21(37)14-1-5-17(6-2-14)39-12-23(27,28)29/h1-10,13,34-35,38H,11-12H2. The largest absolute Gasteiger partial charge is 0.484 e. The molecular formula is C24H18F7N5O3. The molecule has 1 aliphatic rings. The maximum Gasteiger partial charge on any atom is 0.422 e. The second-order valence-electron chi connectivity index (χ2n) is 8.34. The van der Waals surface area contributed by atoms with Gasteiger partial charge in [0.15, 0.2) is 18.0 Å². The van der Waals surface area contributed by atoms with Crippen LogP contribution in [0.5, 0.6) is 5.75 Å².